The number of halogens is 1. The van der Waals surface area contributed by atoms with E-state index in [-0.39, 0.29) is 5.02 Å². The first-order valence-electron chi connectivity index (χ1n) is 3.77. The first-order chi connectivity index (χ1) is 6.07. The lowest BCUT2D eigenvalue weighted by atomic mass is 10.2. The number of hydrogen-bond acceptors (Lipinski definition) is 3. The van der Waals surface area contributed by atoms with Crippen molar-refractivity contribution in [2.45, 2.75) is 19.5 Å². The molecule has 1 aromatic rings. The van der Waals surface area contributed by atoms with Crippen molar-refractivity contribution in [1.29, 1.82) is 0 Å². The van der Waals surface area contributed by atoms with Gasteiger partial charge in [-0.3, -0.25) is 9.48 Å². The van der Waals surface area contributed by atoms with Gasteiger partial charge in [-0.1, -0.05) is 11.6 Å². The zero-order valence-electron chi connectivity index (χ0n) is 7.07. The maximum atomic E-state index is 10.6. The molecule has 0 saturated carbocycles. The number of carboxylic acids is 1. The minimum Gasteiger partial charge on any atom is -0.480 e. The van der Waals surface area contributed by atoms with Crippen molar-refractivity contribution >= 4 is 17.6 Å². The van der Waals surface area contributed by atoms with Crippen LogP contribution in [0.15, 0.2) is 6.20 Å². The molecule has 0 spiro atoms. The number of carbonyl (C=O) groups is 1. The fraction of sp³-hybridized carbons (Fsp3) is 0.429. The van der Waals surface area contributed by atoms with E-state index < -0.39 is 12.0 Å². The van der Waals surface area contributed by atoms with Crippen LogP contribution in [0.5, 0.6) is 0 Å². The van der Waals surface area contributed by atoms with Gasteiger partial charge in [-0.15, -0.1) is 0 Å². The first kappa shape index (κ1) is 10.0. The van der Waals surface area contributed by atoms with Crippen molar-refractivity contribution in [3.63, 3.8) is 0 Å². The fourth-order valence-corrected chi connectivity index (χ4v) is 1.31. The molecule has 0 amide bonds. The number of aryl methyl sites for hydroxylation is 1. The zero-order chi connectivity index (χ0) is 10.0. The highest BCUT2D eigenvalue weighted by molar-refractivity contribution is 6.31. The van der Waals surface area contributed by atoms with E-state index in [1.165, 1.54) is 10.9 Å². The van der Waals surface area contributed by atoms with Crippen molar-refractivity contribution in [3.05, 3.63) is 16.9 Å². The van der Waals surface area contributed by atoms with Crippen LogP contribution in [0, 0.1) is 0 Å². The molecule has 3 N–H and O–H groups in total. The van der Waals surface area contributed by atoms with Crippen LogP contribution in [0.1, 0.15) is 18.7 Å². The summed E-state index contributed by atoms with van der Waals surface area (Å²) in [6.07, 6.45) is 1.39. The van der Waals surface area contributed by atoms with E-state index in [4.69, 9.17) is 22.4 Å². The average molecular weight is 204 g/mol. The van der Waals surface area contributed by atoms with E-state index >= 15 is 0 Å². The molecule has 0 aromatic carbocycles. The van der Waals surface area contributed by atoms with Crippen LogP contribution in [0.25, 0.3) is 0 Å². The van der Waals surface area contributed by atoms with Crippen LogP contribution >= 0.6 is 11.6 Å². The topological polar surface area (TPSA) is 81.1 Å². The van der Waals surface area contributed by atoms with Crippen LogP contribution < -0.4 is 5.73 Å². The highest BCUT2D eigenvalue weighted by Gasteiger charge is 2.21. The molecule has 72 valence electrons. The van der Waals surface area contributed by atoms with E-state index in [9.17, 15) is 4.79 Å². The monoisotopic (exact) mass is 203 g/mol. The second-order valence-corrected chi connectivity index (χ2v) is 2.92. The Morgan fingerprint density at radius 2 is 2.54 bits per heavy atom. The minimum atomic E-state index is -1.12. The summed E-state index contributed by atoms with van der Waals surface area (Å²) in [5.74, 6) is -1.11. The molecule has 1 heterocycles. The third-order valence-corrected chi connectivity index (χ3v) is 1.98. The van der Waals surface area contributed by atoms with Crippen LogP contribution in [0.3, 0.4) is 0 Å². The van der Waals surface area contributed by atoms with Crippen molar-refractivity contribution in [1.82, 2.24) is 9.78 Å². The van der Waals surface area contributed by atoms with Gasteiger partial charge in [-0.25, -0.2) is 0 Å². The summed E-state index contributed by atoms with van der Waals surface area (Å²) in [4.78, 5) is 10.6. The molecule has 1 rings (SSSR count). The third-order valence-electron chi connectivity index (χ3n) is 1.69. The normalized spacial score (nSPS) is 12.8. The van der Waals surface area contributed by atoms with E-state index in [0.717, 1.165) is 0 Å². The summed E-state index contributed by atoms with van der Waals surface area (Å²) in [5.41, 5.74) is 5.76. The predicted molar refractivity (Wildman–Crippen MR) is 47.5 cm³/mol. The van der Waals surface area contributed by atoms with Gasteiger partial charge in [-0.05, 0) is 6.92 Å². The smallest absolute Gasteiger partial charge is 0.326 e. The van der Waals surface area contributed by atoms with E-state index in [1.807, 2.05) is 6.92 Å². The number of carboxylic acid groups (broad SMARTS) is 1. The Labute approximate surface area is 80.1 Å². The van der Waals surface area contributed by atoms with Crippen molar-refractivity contribution in [2.75, 3.05) is 0 Å². The number of aliphatic carboxylic acids is 1. The molecular weight excluding hydrogens is 194 g/mol. The molecule has 13 heavy (non-hydrogen) atoms. The van der Waals surface area contributed by atoms with Crippen molar-refractivity contribution in [2.24, 2.45) is 5.73 Å². The first-order valence-corrected chi connectivity index (χ1v) is 4.15. The van der Waals surface area contributed by atoms with Gasteiger partial charge in [0.2, 0.25) is 0 Å². The van der Waals surface area contributed by atoms with Gasteiger partial charge in [0.15, 0.2) is 0 Å². The molecule has 1 unspecified atom stereocenters. The second kappa shape index (κ2) is 3.76. The molecule has 1 atom stereocenters. The Morgan fingerprint density at radius 1 is 1.92 bits per heavy atom. The van der Waals surface area contributed by atoms with Gasteiger partial charge in [0.1, 0.15) is 6.04 Å². The van der Waals surface area contributed by atoms with E-state index in [2.05, 4.69) is 5.10 Å². The average Bonchev–Trinajstić information content (AvgIpc) is 2.45. The Balaban J connectivity index is 3.10. The molecule has 0 bridgehead atoms. The van der Waals surface area contributed by atoms with Gasteiger partial charge in [-0.2, -0.15) is 5.10 Å². The number of rotatable bonds is 3. The van der Waals surface area contributed by atoms with Crippen LogP contribution in [-0.2, 0) is 11.3 Å². The Hall–Kier alpha value is -1.07. The number of hydrogen-bond donors (Lipinski definition) is 2. The second-order valence-electron chi connectivity index (χ2n) is 2.51. The molecule has 1 aromatic heterocycles. The summed E-state index contributed by atoms with van der Waals surface area (Å²) in [6.45, 7) is 2.38. The summed E-state index contributed by atoms with van der Waals surface area (Å²) in [5, 5.41) is 12.8. The third kappa shape index (κ3) is 1.81. The fourth-order valence-electron chi connectivity index (χ4n) is 1.05. The largest absolute Gasteiger partial charge is 0.480 e. The quantitative estimate of drug-likeness (QED) is 0.756. The molecule has 0 radical (unpaired) electrons. The maximum Gasteiger partial charge on any atom is 0.326 e. The van der Waals surface area contributed by atoms with Crippen LogP contribution in [0.4, 0.5) is 0 Å². The van der Waals surface area contributed by atoms with Gasteiger partial charge in [0, 0.05) is 6.54 Å². The van der Waals surface area contributed by atoms with Crippen molar-refractivity contribution in [3.8, 4) is 0 Å². The number of nitrogens with two attached hydrogens (primary N) is 1. The van der Waals surface area contributed by atoms with Gasteiger partial charge in [0.25, 0.3) is 0 Å². The standard InChI is InChI=1S/C7H10ClN3O2/c1-2-11-6(4(8)3-10-11)5(9)7(12)13/h3,5H,2,9H2,1H3,(H,12,13). The lowest BCUT2D eigenvalue weighted by Gasteiger charge is -2.08. The molecular formula is C7H10ClN3O2. The maximum absolute atomic E-state index is 10.6. The van der Waals surface area contributed by atoms with Crippen molar-refractivity contribution < 1.29 is 9.90 Å². The summed E-state index contributed by atoms with van der Waals surface area (Å²) >= 11 is 5.74. The highest BCUT2D eigenvalue weighted by atomic mass is 35.5. The Bertz CT molecular complexity index is 324. The number of nitrogens with zero attached hydrogens (tertiary/aromatic N) is 2. The van der Waals surface area contributed by atoms with Gasteiger partial charge < -0.3 is 10.8 Å². The zero-order valence-corrected chi connectivity index (χ0v) is 7.82. The van der Waals surface area contributed by atoms with Gasteiger partial charge in [0.05, 0.1) is 16.9 Å². The number of aromatic nitrogens is 2. The molecule has 0 aliphatic rings. The Morgan fingerprint density at radius 3 is 3.00 bits per heavy atom. The minimum absolute atomic E-state index is 0.289. The molecule has 0 fully saturated rings. The van der Waals surface area contributed by atoms with Gasteiger partial charge >= 0.3 is 5.97 Å². The lowest BCUT2D eigenvalue weighted by molar-refractivity contribution is -0.138. The summed E-state index contributed by atoms with van der Waals surface area (Å²) < 4.78 is 1.47. The molecule has 5 nitrogen and oxygen atoms in total. The van der Waals surface area contributed by atoms with Crippen LogP contribution in [0.2, 0.25) is 5.02 Å². The highest BCUT2D eigenvalue weighted by Crippen LogP contribution is 2.21. The molecule has 6 heteroatoms. The summed E-state index contributed by atoms with van der Waals surface area (Å²) in [7, 11) is 0. The van der Waals surface area contributed by atoms with Crippen LogP contribution in [-0.4, -0.2) is 20.9 Å². The Kier molecular flexibility index (Phi) is 2.90. The molecule has 0 saturated heterocycles. The molecule has 0 aliphatic carbocycles. The van der Waals surface area contributed by atoms with E-state index in [1.54, 1.807) is 0 Å². The van der Waals surface area contributed by atoms with E-state index in [0.29, 0.717) is 12.2 Å². The summed E-state index contributed by atoms with van der Waals surface area (Å²) in [6, 6.07) is -1.12. The SMILES string of the molecule is CCn1ncc(Cl)c1C(N)C(=O)O. The lowest BCUT2D eigenvalue weighted by Crippen LogP contribution is -2.24. The molecule has 0 aliphatic heterocycles. The predicted octanol–water partition coefficient (Wildman–Crippen LogP) is 0.641.